The van der Waals surface area contributed by atoms with Crippen molar-refractivity contribution in [3.63, 3.8) is 0 Å². The standard InChI is InChI=1S/C12H17FN2O2/c1-9(2)17-7-6-15(3)12(16)10-4-5-11(13)14-8-10/h4-5,8-9H,6-7H2,1-3H3. The zero-order chi connectivity index (χ0) is 12.8. The maximum atomic E-state index is 12.6. The minimum Gasteiger partial charge on any atom is -0.377 e. The number of carbonyl (C=O) groups excluding carboxylic acids is 1. The van der Waals surface area contributed by atoms with E-state index in [1.54, 1.807) is 7.05 Å². The summed E-state index contributed by atoms with van der Waals surface area (Å²) >= 11 is 0. The average molecular weight is 240 g/mol. The number of aromatic nitrogens is 1. The number of hydrogen-bond donors (Lipinski definition) is 0. The van der Waals surface area contributed by atoms with Gasteiger partial charge in [-0.25, -0.2) is 4.98 Å². The van der Waals surface area contributed by atoms with Crippen molar-refractivity contribution in [2.45, 2.75) is 20.0 Å². The normalized spacial score (nSPS) is 10.6. The summed E-state index contributed by atoms with van der Waals surface area (Å²) in [7, 11) is 1.68. The van der Waals surface area contributed by atoms with Gasteiger partial charge in [0.05, 0.1) is 18.3 Å². The molecule has 5 heteroatoms. The Bertz CT molecular complexity index is 365. The van der Waals surface area contributed by atoms with Crippen LogP contribution < -0.4 is 0 Å². The number of nitrogens with zero attached hydrogens (tertiary/aromatic N) is 2. The Balaban J connectivity index is 2.49. The second-order valence-electron chi connectivity index (χ2n) is 4.02. The molecule has 1 heterocycles. The van der Waals surface area contributed by atoms with Gasteiger partial charge in [-0.15, -0.1) is 0 Å². The molecule has 1 amide bonds. The number of ether oxygens (including phenoxy) is 1. The Hall–Kier alpha value is -1.49. The van der Waals surface area contributed by atoms with Gasteiger partial charge in [-0.3, -0.25) is 4.79 Å². The van der Waals surface area contributed by atoms with Gasteiger partial charge in [0, 0.05) is 19.8 Å². The van der Waals surface area contributed by atoms with Crippen molar-refractivity contribution >= 4 is 5.91 Å². The van der Waals surface area contributed by atoms with Crippen molar-refractivity contribution in [1.29, 1.82) is 0 Å². The smallest absolute Gasteiger partial charge is 0.255 e. The highest BCUT2D eigenvalue weighted by Crippen LogP contribution is 2.03. The zero-order valence-corrected chi connectivity index (χ0v) is 10.3. The summed E-state index contributed by atoms with van der Waals surface area (Å²) < 4.78 is 17.9. The van der Waals surface area contributed by atoms with Crippen molar-refractivity contribution in [3.05, 3.63) is 29.8 Å². The first-order valence-electron chi connectivity index (χ1n) is 5.49. The summed E-state index contributed by atoms with van der Waals surface area (Å²) in [6.45, 7) is 4.85. The lowest BCUT2D eigenvalue weighted by Crippen LogP contribution is -2.30. The number of amides is 1. The largest absolute Gasteiger partial charge is 0.377 e. The predicted molar refractivity (Wildman–Crippen MR) is 62.2 cm³/mol. The molecule has 0 atom stereocenters. The predicted octanol–water partition coefficient (Wildman–Crippen LogP) is 1.72. The van der Waals surface area contributed by atoms with Crippen LogP contribution in [0.5, 0.6) is 0 Å². The number of halogens is 1. The first-order chi connectivity index (χ1) is 8.00. The van der Waals surface area contributed by atoms with Gasteiger partial charge in [0.15, 0.2) is 0 Å². The van der Waals surface area contributed by atoms with Gasteiger partial charge in [-0.05, 0) is 26.0 Å². The van der Waals surface area contributed by atoms with Crippen molar-refractivity contribution in [1.82, 2.24) is 9.88 Å². The van der Waals surface area contributed by atoms with Crippen LogP contribution in [-0.2, 0) is 4.74 Å². The van der Waals surface area contributed by atoms with E-state index in [-0.39, 0.29) is 12.0 Å². The molecule has 0 N–H and O–H groups in total. The van der Waals surface area contributed by atoms with Crippen LogP contribution in [0.4, 0.5) is 4.39 Å². The topological polar surface area (TPSA) is 42.4 Å². The SMILES string of the molecule is CC(C)OCCN(C)C(=O)c1ccc(F)nc1. The summed E-state index contributed by atoms with van der Waals surface area (Å²) in [6.07, 6.45) is 1.38. The molecule has 0 bridgehead atoms. The quantitative estimate of drug-likeness (QED) is 0.736. The van der Waals surface area contributed by atoms with Crippen LogP contribution in [0.1, 0.15) is 24.2 Å². The highest BCUT2D eigenvalue weighted by Gasteiger charge is 2.11. The summed E-state index contributed by atoms with van der Waals surface area (Å²) in [4.78, 5) is 16.8. The molecular weight excluding hydrogens is 223 g/mol. The summed E-state index contributed by atoms with van der Waals surface area (Å²) in [6, 6.07) is 2.59. The molecule has 1 aromatic rings. The number of carbonyl (C=O) groups is 1. The lowest BCUT2D eigenvalue weighted by molar-refractivity contribution is 0.0532. The maximum absolute atomic E-state index is 12.6. The number of hydrogen-bond acceptors (Lipinski definition) is 3. The molecule has 1 rings (SSSR count). The molecule has 0 fully saturated rings. The van der Waals surface area contributed by atoms with E-state index < -0.39 is 5.95 Å². The Kier molecular flexibility index (Phi) is 5.03. The van der Waals surface area contributed by atoms with Crippen molar-refractivity contribution in [3.8, 4) is 0 Å². The van der Waals surface area contributed by atoms with Crippen LogP contribution in [-0.4, -0.2) is 42.1 Å². The molecular formula is C12H17FN2O2. The monoisotopic (exact) mass is 240 g/mol. The first kappa shape index (κ1) is 13.6. The highest BCUT2D eigenvalue weighted by atomic mass is 19.1. The van der Waals surface area contributed by atoms with E-state index in [1.165, 1.54) is 23.2 Å². The molecule has 0 spiro atoms. The second-order valence-corrected chi connectivity index (χ2v) is 4.02. The van der Waals surface area contributed by atoms with Crippen LogP contribution in [0.15, 0.2) is 18.3 Å². The van der Waals surface area contributed by atoms with E-state index in [2.05, 4.69) is 4.98 Å². The molecule has 0 saturated carbocycles. The molecule has 4 nitrogen and oxygen atoms in total. The van der Waals surface area contributed by atoms with Crippen LogP contribution >= 0.6 is 0 Å². The van der Waals surface area contributed by atoms with Gasteiger partial charge in [0.25, 0.3) is 5.91 Å². The lowest BCUT2D eigenvalue weighted by Gasteiger charge is -2.17. The number of pyridine rings is 1. The summed E-state index contributed by atoms with van der Waals surface area (Å²) in [5, 5.41) is 0. The van der Waals surface area contributed by atoms with Crippen molar-refractivity contribution in [2.75, 3.05) is 20.2 Å². The summed E-state index contributed by atoms with van der Waals surface area (Å²) in [5.74, 6) is -0.780. The van der Waals surface area contributed by atoms with Crippen molar-refractivity contribution in [2.24, 2.45) is 0 Å². The van der Waals surface area contributed by atoms with E-state index in [0.717, 1.165) is 0 Å². The van der Waals surface area contributed by atoms with Gasteiger partial charge in [-0.1, -0.05) is 0 Å². The molecule has 0 unspecified atom stereocenters. The van der Waals surface area contributed by atoms with Gasteiger partial charge >= 0.3 is 0 Å². The minimum atomic E-state index is -0.590. The molecule has 0 aliphatic rings. The molecule has 0 aliphatic heterocycles. The average Bonchev–Trinajstić information content (AvgIpc) is 2.28. The third-order valence-electron chi connectivity index (χ3n) is 2.20. The minimum absolute atomic E-state index is 0.144. The van der Waals surface area contributed by atoms with Gasteiger partial charge in [0.1, 0.15) is 0 Å². The molecule has 0 radical (unpaired) electrons. The molecule has 1 aromatic heterocycles. The molecule has 0 aromatic carbocycles. The van der Waals surface area contributed by atoms with Crippen LogP contribution in [0.2, 0.25) is 0 Å². The Morgan fingerprint density at radius 2 is 2.24 bits per heavy atom. The van der Waals surface area contributed by atoms with Crippen LogP contribution in [0.25, 0.3) is 0 Å². The highest BCUT2D eigenvalue weighted by molar-refractivity contribution is 5.93. The second kappa shape index (κ2) is 6.30. The maximum Gasteiger partial charge on any atom is 0.255 e. The van der Waals surface area contributed by atoms with E-state index >= 15 is 0 Å². The number of rotatable bonds is 5. The molecule has 0 aliphatic carbocycles. The van der Waals surface area contributed by atoms with Gasteiger partial charge in [0.2, 0.25) is 5.95 Å². The molecule has 0 saturated heterocycles. The van der Waals surface area contributed by atoms with Gasteiger partial charge in [-0.2, -0.15) is 4.39 Å². The molecule has 17 heavy (non-hydrogen) atoms. The fraction of sp³-hybridized carbons (Fsp3) is 0.500. The first-order valence-corrected chi connectivity index (χ1v) is 5.49. The Morgan fingerprint density at radius 3 is 2.76 bits per heavy atom. The van der Waals surface area contributed by atoms with E-state index in [4.69, 9.17) is 4.74 Å². The molecule has 94 valence electrons. The zero-order valence-electron chi connectivity index (χ0n) is 10.3. The Morgan fingerprint density at radius 1 is 1.53 bits per heavy atom. The van der Waals surface area contributed by atoms with Crippen LogP contribution in [0, 0.1) is 5.95 Å². The lowest BCUT2D eigenvalue weighted by atomic mass is 10.2. The summed E-state index contributed by atoms with van der Waals surface area (Å²) in [5.41, 5.74) is 0.374. The van der Waals surface area contributed by atoms with E-state index in [0.29, 0.717) is 18.7 Å². The van der Waals surface area contributed by atoms with E-state index in [9.17, 15) is 9.18 Å². The van der Waals surface area contributed by atoms with Crippen LogP contribution in [0.3, 0.4) is 0 Å². The van der Waals surface area contributed by atoms with Crippen molar-refractivity contribution < 1.29 is 13.9 Å². The Labute approximate surface area is 100 Å². The third-order valence-corrected chi connectivity index (χ3v) is 2.20. The fourth-order valence-corrected chi connectivity index (χ4v) is 1.25. The van der Waals surface area contributed by atoms with Gasteiger partial charge < -0.3 is 9.64 Å². The van der Waals surface area contributed by atoms with E-state index in [1.807, 2.05) is 13.8 Å². The number of likely N-dealkylation sites (N-methyl/N-ethyl adjacent to an activating group) is 1. The fourth-order valence-electron chi connectivity index (χ4n) is 1.25. The third kappa shape index (κ3) is 4.48.